The van der Waals surface area contributed by atoms with Crippen molar-refractivity contribution in [3.05, 3.63) is 0 Å². The van der Waals surface area contributed by atoms with E-state index in [1.54, 1.807) is 0 Å². The van der Waals surface area contributed by atoms with Crippen LogP contribution in [0.1, 0.15) is 52.4 Å². The number of carboxylic acids is 1. The molecule has 0 spiro atoms. The van der Waals surface area contributed by atoms with Crippen molar-refractivity contribution >= 4 is 18.6 Å². The molecule has 0 bridgehead atoms. The van der Waals surface area contributed by atoms with E-state index in [9.17, 15) is 9.90 Å². The van der Waals surface area contributed by atoms with Gasteiger partial charge in [0.25, 0.3) is 0 Å². The normalized spacial score (nSPS) is 14.2. The van der Waals surface area contributed by atoms with Gasteiger partial charge in [-0.1, -0.05) is 39.5 Å². The van der Waals surface area contributed by atoms with Crippen molar-refractivity contribution in [1.29, 1.82) is 0 Å². The van der Waals surface area contributed by atoms with Crippen LogP contribution in [0.2, 0.25) is 0 Å². The second kappa shape index (κ2) is 8.84. The summed E-state index contributed by atoms with van der Waals surface area (Å²) in [4.78, 5) is 10.7. The first-order valence-corrected chi connectivity index (χ1v) is 5.45. The van der Waals surface area contributed by atoms with E-state index in [4.69, 9.17) is 0 Å². The summed E-state index contributed by atoms with van der Waals surface area (Å²) in [6.07, 6.45) is 5.50. The zero-order valence-corrected chi connectivity index (χ0v) is 11.2. The maximum absolute atomic E-state index is 10.7. The predicted octanol–water partition coefficient (Wildman–Crippen LogP) is 1.78. The van der Waals surface area contributed by atoms with Gasteiger partial charge in [-0.2, -0.15) is 12.6 Å². The van der Waals surface area contributed by atoms with Gasteiger partial charge in [-0.25, -0.2) is 0 Å². The molecule has 1 unspecified atom stereocenters. The van der Waals surface area contributed by atoms with Crippen LogP contribution in [0.25, 0.3) is 0 Å². The molecule has 4 heteroatoms. The van der Waals surface area contributed by atoms with Gasteiger partial charge in [0.1, 0.15) is 0 Å². The first-order chi connectivity index (χ1) is 6.06. The van der Waals surface area contributed by atoms with Crippen LogP contribution in [-0.2, 0) is 27.2 Å². The molecular formula is C10H19AgO2S. The van der Waals surface area contributed by atoms with Gasteiger partial charge in [0.05, 0.1) is 10.7 Å². The molecule has 0 saturated carbocycles. The van der Waals surface area contributed by atoms with Crippen LogP contribution < -0.4 is 5.11 Å². The Bertz CT molecular complexity index is 164. The average Bonchev–Trinajstić information content (AvgIpc) is 2.12. The number of rotatable bonds is 7. The third-order valence-electron chi connectivity index (χ3n) is 2.41. The minimum atomic E-state index is -1.03. The molecule has 0 heterocycles. The molecule has 0 aromatic heterocycles. The van der Waals surface area contributed by atoms with E-state index in [-0.39, 0.29) is 22.4 Å². The van der Waals surface area contributed by atoms with Crippen LogP contribution in [0.5, 0.6) is 0 Å². The molecule has 14 heavy (non-hydrogen) atoms. The first-order valence-electron chi connectivity index (χ1n) is 5.00. The van der Waals surface area contributed by atoms with E-state index in [1.165, 1.54) is 6.42 Å². The summed E-state index contributed by atoms with van der Waals surface area (Å²) in [6.45, 7) is 3.97. The van der Waals surface area contributed by atoms with Gasteiger partial charge in [-0.3, -0.25) is 0 Å². The topological polar surface area (TPSA) is 40.1 Å². The largest absolute Gasteiger partial charge is 1.00 e. The van der Waals surface area contributed by atoms with Crippen molar-refractivity contribution in [2.75, 3.05) is 0 Å². The molecule has 0 aliphatic rings. The van der Waals surface area contributed by atoms with E-state index in [1.807, 2.05) is 6.92 Å². The summed E-state index contributed by atoms with van der Waals surface area (Å²) in [5, 5.41) is 10.7. The Morgan fingerprint density at radius 1 is 1.29 bits per heavy atom. The SMILES string of the molecule is CCCCCCC(S)(CC)C(=O)[O-].[Ag+]. The van der Waals surface area contributed by atoms with Gasteiger partial charge in [-0.05, 0) is 12.8 Å². The Kier molecular flexibility index (Phi) is 10.7. The van der Waals surface area contributed by atoms with Gasteiger partial charge < -0.3 is 9.90 Å². The fourth-order valence-corrected chi connectivity index (χ4v) is 1.43. The number of carbonyl (C=O) groups is 1. The number of aliphatic carboxylic acids is 1. The molecule has 0 radical (unpaired) electrons. The zero-order valence-electron chi connectivity index (χ0n) is 8.81. The van der Waals surface area contributed by atoms with E-state index in [0.29, 0.717) is 12.8 Å². The summed E-state index contributed by atoms with van der Waals surface area (Å²) in [5.74, 6) is -1.03. The van der Waals surface area contributed by atoms with Crippen molar-refractivity contribution in [1.82, 2.24) is 0 Å². The van der Waals surface area contributed by atoms with E-state index in [0.717, 1.165) is 19.3 Å². The monoisotopic (exact) mass is 310 g/mol. The fraction of sp³-hybridized carbons (Fsp3) is 0.900. The second-order valence-corrected chi connectivity index (χ2v) is 4.34. The second-order valence-electron chi connectivity index (χ2n) is 3.48. The third-order valence-corrected chi connectivity index (χ3v) is 3.13. The smallest absolute Gasteiger partial charge is 0.549 e. The maximum Gasteiger partial charge on any atom is 1.00 e. The number of carbonyl (C=O) groups excluding carboxylic acids is 1. The molecule has 1 atom stereocenters. The number of hydrogen-bond donors (Lipinski definition) is 1. The van der Waals surface area contributed by atoms with Crippen LogP contribution in [-0.4, -0.2) is 10.7 Å². The average molecular weight is 311 g/mol. The van der Waals surface area contributed by atoms with Crippen molar-refractivity contribution in [2.24, 2.45) is 0 Å². The van der Waals surface area contributed by atoms with E-state index in [2.05, 4.69) is 19.6 Å². The van der Waals surface area contributed by atoms with E-state index >= 15 is 0 Å². The molecule has 0 aliphatic carbocycles. The summed E-state index contributed by atoms with van der Waals surface area (Å²) in [6, 6.07) is 0. The van der Waals surface area contributed by atoms with Crippen molar-refractivity contribution in [3.8, 4) is 0 Å². The molecule has 0 saturated heterocycles. The molecule has 0 aliphatic heterocycles. The molecule has 0 aromatic rings. The Balaban J connectivity index is 0. The third kappa shape index (κ3) is 6.12. The Morgan fingerprint density at radius 3 is 2.21 bits per heavy atom. The van der Waals surface area contributed by atoms with Crippen molar-refractivity contribution in [2.45, 2.75) is 57.1 Å². The molecule has 0 fully saturated rings. The van der Waals surface area contributed by atoms with Crippen LogP contribution in [0, 0.1) is 0 Å². The standard InChI is InChI=1S/C10H20O2S.Ag/c1-3-5-6-7-8-10(13,4-2)9(11)12;/h13H,3-8H2,1-2H3,(H,11,12);/q;+1/p-1. The number of unbranched alkanes of at least 4 members (excludes halogenated alkanes) is 3. The van der Waals surface area contributed by atoms with Crippen LogP contribution >= 0.6 is 12.6 Å². The molecule has 0 rings (SSSR count). The minimum absolute atomic E-state index is 0. The summed E-state index contributed by atoms with van der Waals surface area (Å²) >= 11 is 4.15. The Morgan fingerprint density at radius 2 is 1.86 bits per heavy atom. The van der Waals surface area contributed by atoms with Crippen molar-refractivity contribution < 1.29 is 32.3 Å². The number of hydrogen-bond acceptors (Lipinski definition) is 3. The minimum Gasteiger partial charge on any atom is -0.549 e. The number of carboxylic acid groups (broad SMARTS) is 1. The van der Waals surface area contributed by atoms with Crippen molar-refractivity contribution in [3.63, 3.8) is 0 Å². The van der Waals surface area contributed by atoms with Crippen LogP contribution in [0.15, 0.2) is 0 Å². The Labute approximate surface area is 108 Å². The summed E-state index contributed by atoms with van der Waals surface area (Å²) in [7, 11) is 0. The fourth-order valence-electron chi connectivity index (χ4n) is 1.27. The molecule has 2 nitrogen and oxygen atoms in total. The van der Waals surface area contributed by atoms with Gasteiger partial charge in [0.2, 0.25) is 0 Å². The van der Waals surface area contributed by atoms with Gasteiger partial charge in [0, 0.05) is 0 Å². The number of thiol groups is 1. The molecule has 0 N–H and O–H groups in total. The summed E-state index contributed by atoms with van der Waals surface area (Å²) in [5.41, 5.74) is 0. The molecule has 0 aromatic carbocycles. The van der Waals surface area contributed by atoms with Gasteiger partial charge in [-0.15, -0.1) is 0 Å². The van der Waals surface area contributed by atoms with E-state index < -0.39 is 10.7 Å². The maximum atomic E-state index is 10.7. The zero-order chi connectivity index (χ0) is 10.3. The first kappa shape index (κ1) is 17.0. The van der Waals surface area contributed by atoms with Crippen LogP contribution in [0.3, 0.4) is 0 Å². The predicted molar refractivity (Wildman–Crippen MR) is 55.8 cm³/mol. The molecular weight excluding hydrogens is 292 g/mol. The molecule has 88 valence electrons. The van der Waals surface area contributed by atoms with Crippen LogP contribution in [0.4, 0.5) is 0 Å². The quantitative estimate of drug-likeness (QED) is 0.442. The Hall–Kier alpha value is 0.560. The molecule has 0 amide bonds. The van der Waals surface area contributed by atoms with Gasteiger partial charge >= 0.3 is 22.4 Å². The van der Waals surface area contributed by atoms with Gasteiger partial charge in [0.15, 0.2) is 0 Å². The summed E-state index contributed by atoms with van der Waals surface area (Å²) < 4.78 is -0.909.